The van der Waals surface area contributed by atoms with Gasteiger partial charge in [-0.25, -0.2) is 0 Å². The summed E-state index contributed by atoms with van der Waals surface area (Å²) in [4.78, 5) is 21.5. The average molecular weight is 231 g/mol. The molecule has 1 amide bonds. The Hall–Kier alpha value is -1.90. The summed E-state index contributed by atoms with van der Waals surface area (Å²) in [5.74, 6) is -0.0254. The van der Waals surface area contributed by atoms with Gasteiger partial charge in [0.25, 0.3) is 0 Å². The van der Waals surface area contributed by atoms with Gasteiger partial charge in [0.2, 0.25) is 5.91 Å². The fourth-order valence-electron chi connectivity index (χ4n) is 1.49. The number of rotatable bonds is 5. The summed E-state index contributed by atoms with van der Waals surface area (Å²) in [6, 6.07) is 5.70. The van der Waals surface area contributed by atoms with E-state index < -0.39 is 0 Å². The molecule has 0 saturated heterocycles. The van der Waals surface area contributed by atoms with Crippen LogP contribution in [0, 0.1) is 6.92 Å². The van der Waals surface area contributed by atoms with Gasteiger partial charge in [-0.2, -0.15) is 0 Å². The summed E-state index contributed by atoms with van der Waals surface area (Å²) in [5.41, 5.74) is 2.73. The summed E-state index contributed by atoms with van der Waals surface area (Å²) in [6.45, 7) is 4.10. The molecule has 1 aromatic carbocycles. The Bertz CT molecular complexity index is 436. The summed E-state index contributed by atoms with van der Waals surface area (Å²) < 4.78 is 0. The van der Waals surface area contributed by atoms with Crippen LogP contribution in [0.1, 0.15) is 34.8 Å². The van der Waals surface area contributed by atoms with Gasteiger partial charge in [0.1, 0.15) is 0 Å². The van der Waals surface area contributed by atoms with Crippen LogP contribution >= 0.6 is 0 Å². The standard InChI is InChI=1S/C14H17NO2/c1-11-6-7-14(10-16)13(9-11)5-3-4-8-15-12(2)17/h3,5-7,9-10H,4,8H2,1-2H3,(H,15,17). The molecule has 1 aromatic rings. The van der Waals surface area contributed by atoms with Gasteiger partial charge in [0.15, 0.2) is 6.29 Å². The second kappa shape index (κ2) is 6.63. The molecule has 0 aliphatic rings. The van der Waals surface area contributed by atoms with Crippen LogP contribution in [0.25, 0.3) is 6.08 Å². The number of amides is 1. The fourth-order valence-corrected chi connectivity index (χ4v) is 1.49. The number of carbonyl (C=O) groups excluding carboxylic acids is 2. The van der Waals surface area contributed by atoms with Gasteiger partial charge in [0, 0.05) is 19.0 Å². The highest BCUT2D eigenvalue weighted by Crippen LogP contribution is 2.11. The first kappa shape index (κ1) is 13.2. The average Bonchev–Trinajstić information content (AvgIpc) is 2.28. The molecule has 0 aliphatic heterocycles. The van der Waals surface area contributed by atoms with E-state index in [9.17, 15) is 9.59 Å². The summed E-state index contributed by atoms with van der Waals surface area (Å²) in [5, 5.41) is 2.71. The Kier molecular flexibility index (Phi) is 5.14. The smallest absolute Gasteiger partial charge is 0.216 e. The van der Waals surface area contributed by atoms with Crippen LogP contribution < -0.4 is 5.32 Å². The molecule has 0 aliphatic carbocycles. The van der Waals surface area contributed by atoms with Gasteiger partial charge < -0.3 is 5.32 Å². The molecule has 17 heavy (non-hydrogen) atoms. The fraction of sp³-hybridized carbons (Fsp3) is 0.286. The van der Waals surface area contributed by atoms with Crippen molar-refractivity contribution in [2.45, 2.75) is 20.3 Å². The van der Waals surface area contributed by atoms with Gasteiger partial charge >= 0.3 is 0 Å². The van der Waals surface area contributed by atoms with Crippen LogP contribution in [0.4, 0.5) is 0 Å². The Balaban J connectivity index is 2.60. The lowest BCUT2D eigenvalue weighted by Crippen LogP contribution is -2.20. The molecule has 3 heteroatoms. The van der Waals surface area contributed by atoms with E-state index in [4.69, 9.17) is 0 Å². The van der Waals surface area contributed by atoms with Crippen molar-refractivity contribution in [3.8, 4) is 0 Å². The van der Waals surface area contributed by atoms with Crippen LogP contribution in [0.5, 0.6) is 0 Å². The zero-order valence-electron chi connectivity index (χ0n) is 10.2. The van der Waals surface area contributed by atoms with Crippen LogP contribution in [-0.2, 0) is 4.79 Å². The molecule has 0 radical (unpaired) electrons. The van der Waals surface area contributed by atoms with Crippen molar-refractivity contribution >= 4 is 18.3 Å². The van der Waals surface area contributed by atoms with Gasteiger partial charge in [-0.3, -0.25) is 9.59 Å². The Labute approximate surface area is 102 Å². The third-order valence-corrected chi connectivity index (χ3v) is 2.35. The van der Waals surface area contributed by atoms with Crippen molar-refractivity contribution in [2.75, 3.05) is 6.54 Å². The third kappa shape index (κ3) is 4.64. The monoisotopic (exact) mass is 231 g/mol. The van der Waals surface area contributed by atoms with E-state index in [0.29, 0.717) is 12.1 Å². The first-order chi connectivity index (χ1) is 8.13. The lowest BCUT2D eigenvalue weighted by atomic mass is 10.0. The molecule has 0 aromatic heterocycles. The van der Waals surface area contributed by atoms with Crippen molar-refractivity contribution in [3.63, 3.8) is 0 Å². The quantitative estimate of drug-likeness (QED) is 0.624. The SMILES string of the molecule is CC(=O)NCCC=Cc1cc(C)ccc1C=O. The maximum Gasteiger partial charge on any atom is 0.216 e. The van der Waals surface area contributed by atoms with Crippen molar-refractivity contribution < 1.29 is 9.59 Å². The highest BCUT2D eigenvalue weighted by molar-refractivity contribution is 5.82. The number of nitrogens with one attached hydrogen (secondary N) is 1. The summed E-state index contributed by atoms with van der Waals surface area (Å²) in [6.07, 6.45) is 5.48. The molecule has 0 atom stereocenters. The van der Waals surface area contributed by atoms with Gasteiger partial charge in [0.05, 0.1) is 0 Å². The molecular formula is C14H17NO2. The van der Waals surface area contributed by atoms with Gasteiger partial charge in [-0.15, -0.1) is 0 Å². The summed E-state index contributed by atoms with van der Waals surface area (Å²) in [7, 11) is 0. The lowest BCUT2D eigenvalue weighted by molar-refractivity contribution is -0.118. The maximum absolute atomic E-state index is 10.8. The normalized spacial score (nSPS) is 10.5. The summed E-state index contributed by atoms with van der Waals surface area (Å²) >= 11 is 0. The molecular weight excluding hydrogens is 214 g/mol. The van der Waals surface area contributed by atoms with Crippen molar-refractivity contribution in [1.82, 2.24) is 5.32 Å². The van der Waals surface area contributed by atoms with Crippen LogP contribution in [0.2, 0.25) is 0 Å². The van der Waals surface area contributed by atoms with Crippen LogP contribution in [-0.4, -0.2) is 18.7 Å². The Morgan fingerprint density at radius 1 is 1.35 bits per heavy atom. The number of aryl methyl sites for hydroxylation is 1. The number of hydrogen-bond acceptors (Lipinski definition) is 2. The molecule has 3 nitrogen and oxygen atoms in total. The molecule has 90 valence electrons. The van der Waals surface area contributed by atoms with Crippen molar-refractivity contribution in [3.05, 3.63) is 41.0 Å². The Morgan fingerprint density at radius 3 is 2.76 bits per heavy atom. The zero-order chi connectivity index (χ0) is 12.7. The van der Waals surface area contributed by atoms with E-state index in [0.717, 1.165) is 23.8 Å². The minimum Gasteiger partial charge on any atom is -0.356 e. The highest BCUT2D eigenvalue weighted by Gasteiger charge is 1.97. The van der Waals surface area contributed by atoms with E-state index in [1.165, 1.54) is 6.92 Å². The van der Waals surface area contributed by atoms with Crippen molar-refractivity contribution in [2.24, 2.45) is 0 Å². The van der Waals surface area contributed by atoms with E-state index in [1.54, 1.807) is 0 Å². The second-order valence-corrected chi connectivity index (χ2v) is 3.92. The van der Waals surface area contributed by atoms with Crippen LogP contribution in [0.15, 0.2) is 24.3 Å². The minimum atomic E-state index is -0.0254. The van der Waals surface area contributed by atoms with Crippen LogP contribution in [0.3, 0.4) is 0 Å². The number of benzene rings is 1. The van der Waals surface area contributed by atoms with E-state index in [-0.39, 0.29) is 5.91 Å². The largest absolute Gasteiger partial charge is 0.356 e. The number of hydrogen-bond donors (Lipinski definition) is 1. The molecule has 1 rings (SSSR count). The van der Waals surface area contributed by atoms with Gasteiger partial charge in [-0.05, 0) is 18.9 Å². The van der Waals surface area contributed by atoms with Crippen molar-refractivity contribution in [1.29, 1.82) is 0 Å². The van der Waals surface area contributed by atoms with E-state index in [2.05, 4.69) is 5.32 Å². The molecule has 0 spiro atoms. The third-order valence-electron chi connectivity index (χ3n) is 2.35. The highest BCUT2D eigenvalue weighted by atomic mass is 16.1. The molecule has 0 saturated carbocycles. The topological polar surface area (TPSA) is 46.2 Å². The predicted molar refractivity (Wildman–Crippen MR) is 68.9 cm³/mol. The molecule has 0 bridgehead atoms. The second-order valence-electron chi connectivity index (χ2n) is 3.92. The van der Waals surface area contributed by atoms with Gasteiger partial charge in [-0.1, -0.05) is 35.9 Å². The Morgan fingerprint density at radius 2 is 2.12 bits per heavy atom. The molecule has 1 N–H and O–H groups in total. The first-order valence-electron chi connectivity index (χ1n) is 5.60. The maximum atomic E-state index is 10.8. The molecule has 0 unspecified atom stereocenters. The number of aldehydes is 1. The first-order valence-corrected chi connectivity index (χ1v) is 5.60. The predicted octanol–water partition coefficient (Wildman–Crippen LogP) is 2.35. The molecule has 0 heterocycles. The minimum absolute atomic E-state index is 0.0254. The van der Waals surface area contributed by atoms with E-state index >= 15 is 0 Å². The van der Waals surface area contributed by atoms with E-state index in [1.807, 2.05) is 37.3 Å². The number of carbonyl (C=O) groups is 2. The molecule has 0 fully saturated rings. The lowest BCUT2D eigenvalue weighted by Gasteiger charge is -2.01. The zero-order valence-corrected chi connectivity index (χ0v) is 10.2.